The first-order valence-electron chi connectivity index (χ1n) is 8.32. The van der Waals surface area contributed by atoms with Crippen LogP contribution in [0.5, 0.6) is 0 Å². The largest absolute Gasteiger partial charge is 0.376 e. The maximum absolute atomic E-state index is 5.93. The van der Waals surface area contributed by atoms with E-state index in [4.69, 9.17) is 4.74 Å². The maximum atomic E-state index is 5.93. The van der Waals surface area contributed by atoms with Gasteiger partial charge >= 0.3 is 0 Å². The van der Waals surface area contributed by atoms with Gasteiger partial charge in [0.2, 0.25) is 0 Å². The zero-order valence-electron chi connectivity index (χ0n) is 12.7. The van der Waals surface area contributed by atoms with Gasteiger partial charge in [-0.2, -0.15) is 0 Å². The van der Waals surface area contributed by atoms with Crippen LogP contribution in [0, 0.1) is 0 Å². The molecule has 0 spiro atoms. The number of nitrogens with zero attached hydrogens (tertiary/aromatic N) is 2. The summed E-state index contributed by atoms with van der Waals surface area (Å²) in [4.78, 5) is 8.88. The van der Waals surface area contributed by atoms with Gasteiger partial charge in [-0.05, 0) is 51.6 Å². The molecule has 2 heterocycles. The van der Waals surface area contributed by atoms with Crippen molar-refractivity contribution in [3.8, 4) is 0 Å². The highest BCUT2D eigenvalue weighted by molar-refractivity contribution is 5.46. The van der Waals surface area contributed by atoms with E-state index in [9.17, 15) is 0 Å². The second-order valence-electron chi connectivity index (χ2n) is 5.96. The van der Waals surface area contributed by atoms with Gasteiger partial charge in [0.25, 0.3) is 0 Å². The fraction of sp³-hybridized carbons (Fsp3) is 0.750. The number of aryl methyl sites for hydroxylation is 1. The highest BCUT2D eigenvalue weighted by atomic mass is 16.5. The van der Waals surface area contributed by atoms with Crippen LogP contribution < -0.4 is 10.6 Å². The highest BCUT2D eigenvalue weighted by Gasteiger charge is 2.15. The number of piperidine rings is 1. The van der Waals surface area contributed by atoms with Crippen molar-refractivity contribution in [2.24, 2.45) is 0 Å². The number of ether oxygens (including phenoxy) is 1. The summed E-state index contributed by atoms with van der Waals surface area (Å²) in [7, 11) is 0. The minimum Gasteiger partial charge on any atom is -0.376 e. The van der Waals surface area contributed by atoms with Crippen molar-refractivity contribution >= 4 is 5.82 Å². The monoisotopic (exact) mass is 290 g/mol. The lowest BCUT2D eigenvalue weighted by Gasteiger charge is -2.23. The van der Waals surface area contributed by atoms with Crippen molar-refractivity contribution < 1.29 is 4.74 Å². The Morgan fingerprint density at radius 1 is 1.14 bits per heavy atom. The lowest BCUT2D eigenvalue weighted by molar-refractivity contribution is 0.0394. The third-order valence-corrected chi connectivity index (χ3v) is 4.41. The molecule has 1 aliphatic heterocycles. The van der Waals surface area contributed by atoms with E-state index in [2.05, 4.69) is 20.6 Å². The lowest BCUT2D eigenvalue weighted by atomic mass is 10.1. The van der Waals surface area contributed by atoms with Gasteiger partial charge in [-0.3, -0.25) is 0 Å². The van der Waals surface area contributed by atoms with Crippen molar-refractivity contribution in [2.45, 2.75) is 51.0 Å². The Balaban J connectivity index is 1.48. The first-order valence-corrected chi connectivity index (χ1v) is 8.32. The summed E-state index contributed by atoms with van der Waals surface area (Å²) in [6, 6.07) is 0. The van der Waals surface area contributed by atoms with E-state index >= 15 is 0 Å². The topological polar surface area (TPSA) is 59.1 Å². The van der Waals surface area contributed by atoms with Gasteiger partial charge < -0.3 is 15.4 Å². The summed E-state index contributed by atoms with van der Waals surface area (Å²) in [6.07, 6.45) is 10.4. The predicted octanol–water partition coefficient (Wildman–Crippen LogP) is 1.93. The molecular formula is C16H26N4O. The van der Waals surface area contributed by atoms with Crippen LogP contribution in [0.2, 0.25) is 0 Å². The summed E-state index contributed by atoms with van der Waals surface area (Å²) in [5.74, 6) is 1.02. The van der Waals surface area contributed by atoms with Crippen LogP contribution in [0.15, 0.2) is 6.33 Å². The molecular weight excluding hydrogens is 264 g/mol. The molecule has 0 bridgehead atoms. The first-order chi connectivity index (χ1) is 10.4. The molecule has 0 atom stereocenters. The van der Waals surface area contributed by atoms with Crippen molar-refractivity contribution in [3.63, 3.8) is 0 Å². The normalized spacial score (nSPS) is 19.8. The van der Waals surface area contributed by atoms with Crippen molar-refractivity contribution in [3.05, 3.63) is 17.6 Å². The summed E-state index contributed by atoms with van der Waals surface area (Å²) >= 11 is 0. The van der Waals surface area contributed by atoms with Gasteiger partial charge in [0.1, 0.15) is 12.1 Å². The standard InChI is InChI=1S/C16H26N4O/c1-2-4-14-15(5-3-1)19-12-20-16(14)18-10-11-21-13-6-8-17-9-7-13/h12-13,17H,1-11H2,(H,18,19,20). The summed E-state index contributed by atoms with van der Waals surface area (Å²) < 4.78 is 5.93. The van der Waals surface area contributed by atoms with Gasteiger partial charge in [0, 0.05) is 17.8 Å². The molecule has 0 unspecified atom stereocenters. The second kappa shape index (κ2) is 7.71. The third kappa shape index (κ3) is 4.14. The molecule has 2 N–H and O–H groups in total. The van der Waals surface area contributed by atoms with Crippen LogP contribution in [0.25, 0.3) is 0 Å². The van der Waals surface area contributed by atoms with E-state index in [0.717, 1.165) is 57.7 Å². The molecule has 1 aliphatic carbocycles. The smallest absolute Gasteiger partial charge is 0.132 e. The zero-order valence-corrected chi connectivity index (χ0v) is 12.7. The Morgan fingerprint density at radius 2 is 2.00 bits per heavy atom. The Morgan fingerprint density at radius 3 is 2.90 bits per heavy atom. The van der Waals surface area contributed by atoms with E-state index in [-0.39, 0.29) is 0 Å². The molecule has 21 heavy (non-hydrogen) atoms. The van der Waals surface area contributed by atoms with Gasteiger partial charge in [0.15, 0.2) is 0 Å². The fourth-order valence-electron chi connectivity index (χ4n) is 3.21. The number of nitrogens with one attached hydrogen (secondary N) is 2. The zero-order chi connectivity index (χ0) is 14.3. The van der Waals surface area contributed by atoms with Gasteiger partial charge in [0.05, 0.1) is 12.7 Å². The quantitative estimate of drug-likeness (QED) is 0.641. The molecule has 3 rings (SSSR count). The Hall–Kier alpha value is -1.20. The first kappa shape index (κ1) is 14.7. The van der Waals surface area contributed by atoms with Crippen LogP contribution >= 0.6 is 0 Å². The third-order valence-electron chi connectivity index (χ3n) is 4.41. The average molecular weight is 290 g/mol. The summed E-state index contributed by atoms with van der Waals surface area (Å²) in [5.41, 5.74) is 2.57. The van der Waals surface area contributed by atoms with E-state index in [1.165, 1.54) is 30.5 Å². The number of aromatic nitrogens is 2. The molecule has 1 aromatic heterocycles. The van der Waals surface area contributed by atoms with Crippen LogP contribution in [-0.4, -0.2) is 42.3 Å². The van der Waals surface area contributed by atoms with Crippen LogP contribution in [-0.2, 0) is 17.6 Å². The Bertz CT molecular complexity index is 446. The number of anilines is 1. The van der Waals surface area contributed by atoms with Crippen molar-refractivity contribution in [1.82, 2.24) is 15.3 Å². The highest BCUT2D eigenvalue weighted by Crippen LogP contribution is 2.23. The number of hydrogen-bond acceptors (Lipinski definition) is 5. The van der Waals surface area contributed by atoms with E-state index in [1.54, 1.807) is 6.33 Å². The molecule has 0 amide bonds. The second-order valence-corrected chi connectivity index (χ2v) is 5.96. The number of fused-ring (bicyclic) bond motifs is 1. The number of rotatable bonds is 5. The maximum Gasteiger partial charge on any atom is 0.132 e. The van der Waals surface area contributed by atoms with Gasteiger partial charge in [-0.15, -0.1) is 0 Å². The molecule has 5 nitrogen and oxygen atoms in total. The van der Waals surface area contributed by atoms with Gasteiger partial charge in [-0.1, -0.05) is 6.42 Å². The molecule has 116 valence electrons. The summed E-state index contributed by atoms with van der Waals surface area (Å²) in [5, 5.41) is 6.81. The molecule has 1 saturated heterocycles. The fourth-order valence-corrected chi connectivity index (χ4v) is 3.21. The number of hydrogen-bond donors (Lipinski definition) is 2. The SMILES string of the molecule is c1nc2c(c(NCCOC3CCNCC3)n1)CCCCC2. The lowest BCUT2D eigenvalue weighted by Crippen LogP contribution is -2.33. The van der Waals surface area contributed by atoms with Crippen LogP contribution in [0.1, 0.15) is 43.4 Å². The van der Waals surface area contributed by atoms with E-state index in [0.29, 0.717) is 6.10 Å². The molecule has 2 aliphatic rings. The van der Waals surface area contributed by atoms with Crippen LogP contribution in [0.4, 0.5) is 5.82 Å². The van der Waals surface area contributed by atoms with E-state index in [1.807, 2.05) is 0 Å². The van der Waals surface area contributed by atoms with E-state index < -0.39 is 0 Å². The molecule has 5 heteroatoms. The summed E-state index contributed by atoms with van der Waals surface area (Å²) in [6.45, 7) is 3.74. The molecule has 0 aromatic carbocycles. The molecule has 1 fully saturated rings. The molecule has 0 saturated carbocycles. The van der Waals surface area contributed by atoms with Crippen molar-refractivity contribution in [2.75, 3.05) is 31.6 Å². The van der Waals surface area contributed by atoms with Gasteiger partial charge in [-0.25, -0.2) is 9.97 Å². The molecule has 0 radical (unpaired) electrons. The predicted molar refractivity (Wildman–Crippen MR) is 83.6 cm³/mol. The average Bonchev–Trinajstić information content (AvgIpc) is 2.78. The minimum atomic E-state index is 0.426. The Kier molecular flexibility index (Phi) is 5.40. The Labute approximate surface area is 126 Å². The molecule has 1 aromatic rings. The van der Waals surface area contributed by atoms with Crippen molar-refractivity contribution in [1.29, 1.82) is 0 Å². The van der Waals surface area contributed by atoms with Crippen LogP contribution in [0.3, 0.4) is 0 Å². The minimum absolute atomic E-state index is 0.426.